The number of fused-ring (bicyclic) bond motifs is 1. The first-order valence-corrected chi connectivity index (χ1v) is 6.15. The van der Waals surface area contributed by atoms with E-state index in [1.54, 1.807) is 0 Å². The van der Waals surface area contributed by atoms with Gasteiger partial charge in [0.05, 0.1) is 19.3 Å². The summed E-state index contributed by atoms with van der Waals surface area (Å²) in [6, 6.07) is 10.9. The summed E-state index contributed by atoms with van der Waals surface area (Å²) in [5, 5.41) is 3.36. The SMILES string of the molecule is CNC(c1ccncc1)c1ccc2c(c1)COC2. The molecule has 3 rings (SSSR count). The zero-order valence-electron chi connectivity index (χ0n) is 10.4. The van der Waals surface area contributed by atoms with Gasteiger partial charge in [0.15, 0.2) is 0 Å². The topological polar surface area (TPSA) is 34.2 Å². The van der Waals surface area contributed by atoms with E-state index in [4.69, 9.17) is 4.74 Å². The van der Waals surface area contributed by atoms with Gasteiger partial charge in [0, 0.05) is 12.4 Å². The van der Waals surface area contributed by atoms with E-state index in [1.165, 1.54) is 22.3 Å². The standard InChI is InChI=1S/C15H16N2O/c1-16-15(11-4-6-17-7-5-11)12-2-3-13-9-18-10-14(13)8-12/h2-8,15-16H,9-10H2,1H3. The number of benzene rings is 1. The van der Waals surface area contributed by atoms with Crippen LogP contribution in [0.25, 0.3) is 0 Å². The van der Waals surface area contributed by atoms with Gasteiger partial charge >= 0.3 is 0 Å². The van der Waals surface area contributed by atoms with Gasteiger partial charge in [-0.1, -0.05) is 18.2 Å². The van der Waals surface area contributed by atoms with Gasteiger partial charge in [-0.25, -0.2) is 0 Å². The first kappa shape index (κ1) is 11.4. The zero-order chi connectivity index (χ0) is 12.4. The maximum atomic E-state index is 5.46. The van der Waals surface area contributed by atoms with Gasteiger partial charge in [-0.3, -0.25) is 4.98 Å². The van der Waals surface area contributed by atoms with E-state index in [1.807, 2.05) is 31.6 Å². The molecule has 1 aliphatic rings. The predicted molar refractivity (Wildman–Crippen MR) is 70.1 cm³/mol. The van der Waals surface area contributed by atoms with Gasteiger partial charge in [0.1, 0.15) is 0 Å². The van der Waals surface area contributed by atoms with Gasteiger partial charge in [-0.2, -0.15) is 0 Å². The van der Waals surface area contributed by atoms with Crippen LogP contribution in [0.1, 0.15) is 28.3 Å². The molecule has 0 fully saturated rings. The maximum absolute atomic E-state index is 5.46. The van der Waals surface area contributed by atoms with E-state index >= 15 is 0 Å². The highest BCUT2D eigenvalue weighted by Crippen LogP contribution is 2.27. The number of nitrogens with one attached hydrogen (secondary N) is 1. The molecule has 2 aromatic rings. The predicted octanol–water partition coefficient (Wildman–Crippen LogP) is 2.42. The van der Waals surface area contributed by atoms with Crippen LogP contribution < -0.4 is 5.32 Å². The molecule has 1 aromatic heterocycles. The summed E-state index contributed by atoms with van der Waals surface area (Å²) in [6.45, 7) is 1.48. The second-order valence-electron chi connectivity index (χ2n) is 4.52. The molecule has 18 heavy (non-hydrogen) atoms. The molecular formula is C15H16N2O. The molecule has 0 bridgehead atoms. The maximum Gasteiger partial charge on any atom is 0.0725 e. The van der Waals surface area contributed by atoms with Crippen LogP contribution in [0.2, 0.25) is 0 Å². The Kier molecular flexibility index (Phi) is 3.09. The second kappa shape index (κ2) is 4.88. The second-order valence-corrected chi connectivity index (χ2v) is 4.52. The summed E-state index contributed by atoms with van der Waals surface area (Å²) in [5.41, 5.74) is 5.12. The Labute approximate surface area is 107 Å². The lowest BCUT2D eigenvalue weighted by Crippen LogP contribution is -2.17. The lowest BCUT2D eigenvalue weighted by molar-refractivity contribution is 0.134. The molecule has 0 spiro atoms. The van der Waals surface area contributed by atoms with Crippen molar-refractivity contribution in [1.29, 1.82) is 0 Å². The van der Waals surface area contributed by atoms with Gasteiger partial charge in [0.25, 0.3) is 0 Å². The van der Waals surface area contributed by atoms with Crippen molar-refractivity contribution in [3.05, 3.63) is 65.0 Å². The first-order valence-electron chi connectivity index (χ1n) is 6.15. The third-order valence-electron chi connectivity index (χ3n) is 3.41. The number of rotatable bonds is 3. The Bertz CT molecular complexity index is 539. The van der Waals surface area contributed by atoms with Crippen LogP contribution in [-0.2, 0) is 18.0 Å². The molecule has 0 aliphatic carbocycles. The molecule has 0 saturated carbocycles. The quantitative estimate of drug-likeness (QED) is 0.894. The molecule has 3 nitrogen and oxygen atoms in total. The van der Waals surface area contributed by atoms with Crippen molar-refractivity contribution in [2.45, 2.75) is 19.3 Å². The van der Waals surface area contributed by atoms with Crippen LogP contribution in [0, 0.1) is 0 Å². The third kappa shape index (κ3) is 2.03. The van der Waals surface area contributed by atoms with Crippen molar-refractivity contribution in [3.63, 3.8) is 0 Å². The fraction of sp³-hybridized carbons (Fsp3) is 0.267. The molecule has 1 unspecified atom stereocenters. The van der Waals surface area contributed by atoms with Crippen molar-refractivity contribution in [3.8, 4) is 0 Å². The zero-order valence-corrected chi connectivity index (χ0v) is 10.4. The smallest absolute Gasteiger partial charge is 0.0725 e. The minimum Gasteiger partial charge on any atom is -0.372 e. The molecular weight excluding hydrogens is 224 g/mol. The van der Waals surface area contributed by atoms with Gasteiger partial charge in [0.2, 0.25) is 0 Å². The van der Waals surface area contributed by atoms with E-state index in [-0.39, 0.29) is 6.04 Å². The number of pyridine rings is 1. The van der Waals surface area contributed by atoms with Crippen molar-refractivity contribution in [1.82, 2.24) is 10.3 Å². The minimum atomic E-state index is 0.207. The van der Waals surface area contributed by atoms with Crippen LogP contribution >= 0.6 is 0 Å². The molecule has 0 amide bonds. The highest BCUT2D eigenvalue weighted by atomic mass is 16.5. The summed E-state index contributed by atoms with van der Waals surface area (Å²) >= 11 is 0. The summed E-state index contributed by atoms with van der Waals surface area (Å²) in [7, 11) is 1.98. The molecule has 0 saturated heterocycles. The molecule has 1 atom stereocenters. The number of hydrogen-bond acceptors (Lipinski definition) is 3. The van der Waals surface area contributed by atoms with Crippen molar-refractivity contribution >= 4 is 0 Å². The van der Waals surface area contributed by atoms with Crippen LogP contribution in [-0.4, -0.2) is 12.0 Å². The Morgan fingerprint density at radius 1 is 1.06 bits per heavy atom. The highest BCUT2D eigenvalue weighted by molar-refractivity contribution is 5.38. The average Bonchev–Trinajstić information content (AvgIpc) is 2.88. The van der Waals surface area contributed by atoms with Crippen LogP contribution in [0.5, 0.6) is 0 Å². The lowest BCUT2D eigenvalue weighted by atomic mass is 9.96. The van der Waals surface area contributed by atoms with Crippen LogP contribution in [0.3, 0.4) is 0 Å². The number of aromatic nitrogens is 1. The minimum absolute atomic E-state index is 0.207. The van der Waals surface area contributed by atoms with E-state index in [2.05, 4.69) is 28.5 Å². The van der Waals surface area contributed by atoms with Crippen molar-refractivity contribution in [2.24, 2.45) is 0 Å². The number of hydrogen-bond donors (Lipinski definition) is 1. The summed E-state index contributed by atoms with van der Waals surface area (Å²) in [4.78, 5) is 4.07. The first-order chi connectivity index (χ1) is 8.88. The molecule has 3 heteroatoms. The van der Waals surface area contributed by atoms with E-state index < -0.39 is 0 Å². The summed E-state index contributed by atoms with van der Waals surface area (Å²) < 4.78 is 5.46. The molecule has 1 aromatic carbocycles. The highest BCUT2D eigenvalue weighted by Gasteiger charge is 2.16. The monoisotopic (exact) mass is 240 g/mol. The Morgan fingerprint density at radius 3 is 2.61 bits per heavy atom. The van der Waals surface area contributed by atoms with Crippen molar-refractivity contribution in [2.75, 3.05) is 7.05 Å². The third-order valence-corrected chi connectivity index (χ3v) is 3.41. The number of nitrogens with zero attached hydrogens (tertiary/aromatic N) is 1. The Balaban J connectivity index is 1.97. The molecule has 1 N–H and O–H groups in total. The van der Waals surface area contributed by atoms with Gasteiger partial charge in [-0.15, -0.1) is 0 Å². The van der Waals surface area contributed by atoms with Gasteiger partial charge in [-0.05, 0) is 41.4 Å². The largest absolute Gasteiger partial charge is 0.372 e. The molecule has 2 heterocycles. The van der Waals surface area contributed by atoms with Crippen LogP contribution in [0.15, 0.2) is 42.7 Å². The van der Waals surface area contributed by atoms with E-state index in [0.29, 0.717) is 0 Å². The normalized spacial score (nSPS) is 15.4. The fourth-order valence-corrected chi connectivity index (χ4v) is 2.45. The van der Waals surface area contributed by atoms with E-state index in [9.17, 15) is 0 Å². The number of ether oxygens (including phenoxy) is 1. The molecule has 92 valence electrons. The lowest BCUT2D eigenvalue weighted by Gasteiger charge is -2.17. The van der Waals surface area contributed by atoms with Crippen molar-refractivity contribution < 1.29 is 4.74 Å². The Hall–Kier alpha value is -1.71. The summed E-state index contributed by atoms with van der Waals surface area (Å²) in [6.07, 6.45) is 3.66. The summed E-state index contributed by atoms with van der Waals surface area (Å²) in [5.74, 6) is 0. The van der Waals surface area contributed by atoms with E-state index in [0.717, 1.165) is 13.2 Å². The Morgan fingerprint density at radius 2 is 1.83 bits per heavy atom. The fourth-order valence-electron chi connectivity index (χ4n) is 2.45. The van der Waals surface area contributed by atoms with Gasteiger partial charge < -0.3 is 10.1 Å². The average molecular weight is 240 g/mol. The molecule has 0 radical (unpaired) electrons. The molecule has 1 aliphatic heterocycles. The van der Waals surface area contributed by atoms with Crippen LogP contribution in [0.4, 0.5) is 0 Å².